The van der Waals surface area contributed by atoms with Crippen molar-refractivity contribution < 1.29 is 19.1 Å². The van der Waals surface area contributed by atoms with Gasteiger partial charge in [-0.2, -0.15) is 0 Å². The molecule has 1 fully saturated rings. The Kier molecular flexibility index (Phi) is 6.31. The second-order valence-electron chi connectivity index (χ2n) is 12.2. The Morgan fingerprint density at radius 1 is 1.05 bits per heavy atom. The molecule has 5 heterocycles. The molecule has 2 amide bonds. The first kappa shape index (κ1) is 25.7. The zero-order valence-corrected chi connectivity index (χ0v) is 23.1. The highest BCUT2D eigenvalue weighted by atomic mass is 16.5. The van der Waals surface area contributed by atoms with Crippen LogP contribution in [0.1, 0.15) is 98.4 Å². The molecule has 6 bridgehead atoms. The normalized spacial score (nSPS) is 27.9. The van der Waals surface area contributed by atoms with Crippen LogP contribution in [-0.2, 0) is 11.2 Å². The fourth-order valence-electron chi connectivity index (χ4n) is 6.67. The summed E-state index contributed by atoms with van der Waals surface area (Å²) in [6, 6.07) is 11.2. The molecule has 0 aliphatic carbocycles. The molecule has 0 radical (unpaired) electrons. The Hall–Kier alpha value is -3.55. The third-order valence-corrected chi connectivity index (χ3v) is 9.06. The number of hydrogen-bond donors (Lipinski definition) is 3. The van der Waals surface area contributed by atoms with Crippen LogP contribution in [0.15, 0.2) is 36.4 Å². The van der Waals surface area contributed by atoms with E-state index in [0.29, 0.717) is 37.4 Å². The van der Waals surface area contributed by atoms with E-state index in [9.17, 15) is 9.59 Å². The van der Waals surface area contributed by atoms with Gasteiger partial charge in [0.15, 0.2) is 5.96 Å². The number of benzene rings is 2. The van der Waals surface area contributed by atoms with E-state index in [4.69, 9.17) is 14.9 Å². The SMILES string of the molecule is CC[C@]12CCCCc3ccc4c(c3)[C@@H](NC(=O)c3ccc5c(c3)[C@@H](CCO5)N(C(=N)N1)C(=O)C2)C(C)(C)CO4. The molecule has 2 aromatic carbocycles. The first-order valence-electron chi connectivity index (χ1n) is 14.2. The molecule has 7 rings (SSSR count). The van der Waals surface area contributed by atoms with Gasteiger partial charge in [-0.25, -0.2) is 0 Å². The van der Waals surface area contributed by atoms with Gasteiger partial charge < -0.3 is 20.1 Å². The van der Waals surface area contributed by atoms with Crippen molar-refractivity contribution in [3.63, 3.8) is 0 Å². The zero-order chi connectivity index (χ0) is 27.4. The molecule has 2 aromatic rings. The first-order valence-corrected chi connectivity index (χ1v) is 14.2. The van der Waals surface area contributed by atoms with Crippen molar-refractivity contribution in [1.29, 1.82) is 5.41 Å². The maximum absolute atomic E-state index is 13.7. The van der Waals surface area contributed by atoms with E-state index in [0.717, 1.165) is 49.0 Å². The Morgan fingerprint density at radius 3 is 2.64 bits per heavy atom. The lowest BCUT2D eigenvalue weighted by atomic mass is 9.78. The van der Waals surface area contributed by atoms with Crippen LogP contribution in [0.25, 0.3) is 0 Å². The average molecular weight is 531 g/mol. The maximum Gasteiger partial charge on any atom is 0.251 e. The lowest BCUT2D eigenvalue weighted by Gasteiger charge is -2.46. The van der Waals surface area contributed by atoms with Crippen molar-refractivity contribution in [2.24, 2.45) is 5.41 Å². The summed E-state index contributed by atoms with van der Waals surface area (Å²) in [4.78, 5) is 28.9. The molecule has 0 spiro atoms. The summed E-state index contributed by atoms with van der Waals surface area (Å²) >= 11 is 0. The fraction of sp³-hybridized carbons (Fsp3) is 0.516. The number of nitrogens with one attached hydrogen (secondary N) is 3. The Morgan fingerprint density at radius 2 is 1.85 bits per heavy atom. The number of amides is 2. The number of hydrogen-bond acceptors (Lipinski definition) is 5. The lowest BCUT2D eigenvalue weighted by Crippen LogP contribution is -2.63. The number of aryl methyl sites for hydroxylation is 1. The van der Waals surface area contributed by atoms with Gasteiger partial charge in [0, 0.05) is 34.1 Å². The second-order valence-corrected chi connectivity index (χ2v) is 12.2. The highest BCUT2D eigenvalue weighted by Gasteiger charge is 2.44. The minimum atomic E-state index is -0.412. The van der Waals surface area contributed by atoms with Crippen LogP contribution < -0.4 is 20.1 Å². The summed E-state index contributed by atoms with van der Waals surface area (Å²) < 4.78 is 12.0. The predicted molar refractivity (Wildman–Crippen MR) is 148 cm³/mol. The molecule has 1 saturated heterocycles. The molecule has 5 aliphatic rings. The van der Waals surface area contributed by atoms with Crippen LogP contribution in [-0.4, -0.2) is 41.4 Å². The molecular formula is C31H38N4O4. The van der Waals surface area contributed by atoms with Crippen molar-refractivity contribution in [2.75, 3.05) is 13.2 Å². The largest absolute Gasteiger partial charge is 0.493 e. The summed E-state index contributed by atoms with van der Waals surface area (Å²) in [5.74, 6) is 1.41. The van der Waals surface area contributed by atoms with Crippen molar-refractivity contribution in [1.82, 2.24) is 15.5 Å². The number of carbonyl (C=O) groups is 2. The van der Waals surface area contributed by atoms with Gasteiger partial charge in [0.2, 0.25) is 5.91 Å². The number of fused-ring (bicyclic) bond motifs is 6. The fourth-order valence-corrected chi connectivity index (χ4v) is 6.67. The monoisotopic (exact) mass is 530 g/mol. The molecule has 8 heteroatoms. The quantitative estimate of drug-likeness (QED) is 0.480. The first-order chi connectivity index (χ1) is 18.7. The molecule has 0 aromatic heterocycles. The number of guanidine groups is 1. The average Bonchev–Trinajstić information content (AvgIpc) is 2.91. The van der Waals surface area contributed by atoms with Crippen molar-refractivity contribution >= 4 is 17.8 Å². The molecule has 3 N–H and O–H groups in total. The molecule has 39 heavy (non-hydrogen) atoms. The lowest BCUT2D eigenvalue weighted by molar-refractivity contribution is -0.133. The van der Waals surface area contributed by atoms with E-state index in [-0.39, 0.29) is 35.3 Å². The summed E-state index contributed by atoms with van der Waals surface area (Å²) in [7, 11) is 0. The minimum Gasteiger partial charge on any atom is -0.493 e. The topological polar surface area (TPSA) is 104 Å². The highest BCUT2D eigenvalue weighted by molar-refractivity contribution is 6.00. The van der Waals surface area contributed by atoms with Gasteiger partial charge in [-0.05, 0) is 55.5 Å². The van der Waals surface area contributed by atoms with Gasteiger partial charge >= 0.3 is 0 Å². The van der Waals surface area contributed by atoms with E-state index in [1.807, 2.05) is 18.2 Å². The van der Waals surface area contributed by atoms with Crippen molar-refractivity contribution in [3.8, 4) is 11.5 Å². The van der Waals surface area contributed by atoms with Gasteiger partial charge in [-0.15, -0.1) is 0 Å². The molecular weight excluding hydrogens is 492 g/mol. The minimum absolute atomic E-state index is 0.0430. The third kappa shape index (κ3) is 4.53. The third-order valence-electron chi connectivity index (χ3n) is 9.06. The van der Waals surface area contributed by atoms with E-state index in [1.165, 1.54) is 5.56 Å². The summed E-state index contributed by atoms with van der Waals surface area (Å²) in [5.41, 5.74) is 2.80. The van der Waals surface area contributed by atoms with Gasteiger partial charge in [0.05, 0.1) is 31.7 Å². The number of carbonyl (C=O) groups excluding carboxylic acids is 2. The summed E-state index contributed by atoms with van der Waals surface area (Å²) in [6.07, 6.45) is 5.35. The van der Waals surface area contributed by atoms with Gasteiger partial charge in [-0.1, -0.05) is 39.3 Å². The van der Waals surface area contributed by atoms with Crippen LogP contribution in [0.5, 0.6) is 11.5 Å². The van der Waals surface area contributed by atoms with E-state index in [2.05, 4.69) is 43.5 Å². The predicted octanol–water partition coefficient (Wildman–Crippen LogP) is 5.03. The molecule has 206 valence electrons. The molecule has 0 unspecified atom stereocenters. The number of ether oxygens (including phenoxy) is 2. The Balaban J connectivity index is 1.43. The van der Waals surface area contributed by atoms with Gasteiger partial charge in [-0.3, -0.25) is 19.9 Å². The second kappa shape index (κ2) is 9.57. The zero-order valence-electron chi connectivity index (χ0n) is 23.1. The molecule has 5 aliphatic heterocycles. The smallest absolute Gasteiger partial charge is 0.251 e. The van der Waals surface area contributed by atoms with E-state index >= 15 is 0 Å². The highest BCUT2D eigenvalue weighted by Crippen LogP contribution is 2.44. The van der Waals surface area contributed by atoms with Crippen LogP contribution in [0.4, 0.5) is 0 Å². The molecule has 0 saturated carbocycles. The van der Waals surface area contributed by atoms with Crippen LogP contribution in [0.3, 0.4) is 0 Å². The van der Waals surface area contributed by atoms with Gasteiger partial charge in [0.25, 0.3) is 5.91 Å². The number of nitrogens with zero attached hydrogens (tertiary/aromatic N) is 1. The van der Waals surface area contributed by atoms with Crippen molar-refractivity contribution in [3.05, 3.63) is 58.7 Å². The Labute approximate surface area is 229 Å². The molecule has 8 nitrogen and oxygen atoms in total. The maximum atomic E-state index is 13.7. The standard InChI is InChI=1S/C31H38N4O4/c1-4-31-13-6-5-7-19-8-10-25-22(15-19)27(30(2,3)18-39-25)33-28(37)20-9-11-24-21(16-20)23(12-14-38-24)35(26(36)17-31)29(32)34-31/h8-11,15-16,23,27H,4-7,12-14,17-18H2,1-3H3,(H2,32,34)(H,33,37)/t23-,27-,31-/m1/s1. The van der Waals surface area contributed by atoms with Crippen LogP contribution >= 0.6 is 0 Å². The van der Waals surface area contributed by atoms with E-state index < -0.39 is 5.54 Å². The summed E-state index contributed by atoms with van der Waals surface area (Å²) in [6.45, 7) is 7.29. The van der Waals surface area contributed by atoms with Crippen molar-refractivity contribution in [2.45, 2.75) is 83.3 Å². The van der Waals surface area contributed by atoms with Crippen LogP contribution in [0, 0.1) is 10.8 Å². The van der Waals surface area contributed by atoms with E-state index in [1.54, 1.807) is 11.0 Å². The summed E-state index contributed by atoms with van der Waals surface area (Å²) in [5, 5.41) is 15.6. The Bertz CT molecular complexity index is 1320. The number of rotatable bonds is 1. The van der Waals surface area contributed by atoms with Crippen LogP contribution in [0.2, 0.25) is 0 Å². The molecule has 3 atom stereocenters. The van der Waals surface area contributed by atoms with Gasteiger partial charge in [0.1, 0.15) is 11.5 Å².